The number of nitrogens with two attached hydrogens (primary N) is 1. The number of rotatable bonds is 5. The van der Waals surface area contributed by atoms with Crippen LogP contribution in [0.1, 0.15) is 18.5 Å². The minimum Gasteiger partial charge on any atom is -0.496 e. The minimum absolute atomic E-state index is 0.107. The molecule has 1 aromatic rings. The van der Waals surface area contributed by atoms with Gasteiger partial charge in [-0.25, -0.2) is 4.39 Å². The standard InChI is InChI=1S/C11H17FN2O/c1-8(14-7-6-13)11-9(12)4-3-5-10(11)15-2/h3-5,8,14H,6-7,13H2,1-2H3. The molecule has 0 spiro atoms. The van der Waals surface area contributed by atoms with E-state index in [0.717, 1.165) is 0 Å². The number of halogens is 1. The van der Waals surface area contributed by atoms with Crippen LogP contribution < -0.4 is 15.8 Å². The molecule has 1 aromatic carbocycles. The quantitative estimate of drug-likeness (QED) is 0.776. The molecule has 3 nitrogen and oxygen atoms in total. The Labute approximate surface area is 89.4 Å². The molecule has 0 aliphatic carbocycles. The van der Waals surface area contributed by atoms with Crippen LogP contribution in [0, 0.1) is 5.82 Å². The Morgan fingerprint density at radius 2 is 2.27 bits per heavy atom. The monoisotopic (exact) mass is 212 g/mol. The van der Waals surface area contributed by atoms with Crippen LogP contribution in [0.5, 0.6) is 5.75 Å². The lowest BCUT2D eigenvalue weighted by atomic mass is 10.1. The lowest BCUT2D eigenvalue weighted by molar-refractivity contribution is 0.394. The van der Waals surface area contributed by atoms with Crippen LogP contribution in [-0.2, 0) is 0 Å². The molecule has 0 aromatic heterocycles. The lowest BCUT2D eigenvalue weighted by Gasteiger charge is -2.17. The molecule has 0 radical (unpaired) electrons. The first-order valence-corrected chi connectivity index (χ1v) is 4.96. The number of hydrogen-bond acceptors (Lipinski definition) is 3. The maximum absolute atomic E-state index is 13.6. The van der Waals surface area contributed by atoms with Crippen LogP contribution in [0.25, 0.3) is 0 Å². The molecule has 0 amide bonds. The van der Waals surface area contributed by atoms with Gasteiger partial charge in [-0.3, -0.25) is 0 Å². The van der Waals surface area contributed by atoms with Gasteiger partial charge in [-0.15, -0.1) is 0 Å². The molecule has 4 heteroatoms. The molecule has 1 atom stereocenters. The van der Waals surface area contributed by atoms with Crippen molar-refractivity contribution in [2.24, 2.45) is 5.73 Å². The SMILES string of the molecule is COc1cccc(F)c1C(C)NCCN. The van der Waals surface area contributed by atoms with E-state index < -0.39 is 0 Å². The Balaban J connectivity index is 2.90. The molecule has 0 heterocycles. The first kappa shape index (κ1) is 11.9. The molecule has 0 saturated heterocycles. The Hall–Kier alpha value is -1.13. The highest BCUT2D eigenvalue weighted by atomic mass is 19.1. The predicted octanol–water partition coefficient (Wildman–Crippen LogP) is 1.44. The van der Waals surface area contributed by atoms with Crippen molar-refractivity contribution in [3.63, 3.8) is 0 Å². The van der Waals surface area contributed by atoms with Crippen LogP contribution in [0.4, 0.5) is 4.39 Å². The molecule has 1 rings (SSSR count). The van der Waals surface area contributed by atoms with Gasteiger partial charge in [0.05, 0.1) is 7.11 Å². The van der Waals surface area contributed by atoms with Crippen molar-refractivity contribution in [3.8, 4) is 5.75 Å². The molecule has 0 fully saturated rings. The molecule has 1 unspecified atom stereocenters. The van der Waals surface area contributed by atoms with E-state index in [9.17, 15) is 4.39 Å². The van der Waals surface area contributed by atoms with E-state index in [2.05, 4.69) is 5.32 Å². The second kappa shape index (κ2) is 5.68. The number of methoxy groups -OCH3 is 1. The summed E-state index contributed by atoms with van der Waals surface area (Å²) in [6.07, 6.45) is 0. The van der Waals surface area contributed by atoms with Crippen LogP contribution in [-0.4, -0.2) is 20.2 Å². The largest absolute Gasteiger partial charge is 0.496 e. The summed E-state index contributed by atoms with van der Waals surface area (Å²) in [5.74, 6) is 0.304. The van der Waals surface area contributed by atoms with Gasteiger partial charge in [-0.1, -0.05) is 6.07 Å². The summed E-state index contributed by atoms with van der Waals surface area (Å²) in [7, 11) is 1.54. The van der Waals surface area contributed by atoms with E-state index in [1.165, 1.54) is 13.2 Å². The maximum atomic E-state index is 13.6. The van der Waals surface area contributed by atoms with Crippen LogP contribution in [0.3, 0.4) is 0 Å². The molecular formula is C11H17FN2O. The first-order valence-electron chi connectivity index (χ1n) is 4.96. The highest BCUT2D eigenvalue weighted by Gasteiger charge is 2.15. The van der Waals surface area contributed by atoms with E-state index in [1.54, 1.807) is 12.1 Å². The molecule has 3 N–H and O–H groups in total. The minimum atomic E-state index is -0.258. The molecule has 0 saturated carbocycles. The van der Waals surface area contributed by atoms with Gasteiger partial charge in [0.15, 0.2) is 0 Å². The second-order valence-corrected chi connectivity index (χ2v) is 3.32. The maximum Gasteiger partial charge on any atom is 0.131 e. The summed E-state index contributed by atoms with van der Waals surface area (Å²) in [5.41, 5.74) is 5.93. The Bertz CT molecular complexity index is 317. The smallest absolute Gasteiger partial charge is 0.131 e. The molecule has 0 aliphatic rings. The Morgan fingerprint density at radius 1 is 1.53 bits per heavy atom. The first-order chi connectivity index (χ1) is 7.20. The fraction of sp³-hybridized carbons (Fsp3) is 0.455. The van der Waals surface area contributed by atoms with Gasteiger partial charge < -0.3 is 15.8 Å². The number of nitrogens with one attached hydrogen (secondary N) is 1. The summed E-state index contributed by atoms with van der Waals surface area (Å²) in [6.45, 7) is 3.07. The lowest BCUT2D eigenvalue weighted by Crippen LogP contribution is -2.26. The summed E-state index contributed by atoms with van der Waals surface area (Å²) >= 11 is 0. The average Bonchev–Trinajstić information content (AvgIpc) is 2.25. The van der Waals surface area contributed by atoms with Crippen molar-refractivity contribution < 1.29 is 9.13 Å². The van der Waals surface area contributed by atoms with Gasteiger partial charge >= 0.3 is 0 Å². The van der Waals surface area contributed by atoms with Gasteiger partial charge in [0.2, 0.25) is 0 Å². The van der Waals surface area contributed by atoms with Gasteiger partial charge in [0.25, 0.3) is 0 Å². The van der Waals surface area contributed by atoms with Crippen molar-refractivity contribution in [2.45, 2.75) is 13.0 Å². The molecule has 0 bridgehead atoms. The highest BCUT2D eigenvalue weighted by molar-refractivity contribution is 5.36. The zero-order valence-electron chi connectivity index (χ0n) is 9.09. The third-order valence-corrected chi connectivity index (χ3v) is 2.26. The van der Waals surface area contributed by atoms with Crippen molar-refractivity contribution in [1.29, 1.82) is 0 Å². The van der Waals surface area contributed by atoms with E-state index >= 15 is 0 Å². The van der Waals surface area contributed by atoms with Gasteiger partial charge in [0.1, 0.15) is 11.6 Å². The summed E-state index contributed by atoms with van der Waals surface area (Å²) < 4.78 is 18.7. The zero-order chi connectivity index (χ0) is 11.3. The van der Waals surface area contributed by atoms with Crippen molar-refractivity contribution in [2.75, 3.05) is 20.2 Å². The number of benzene rings is 1. The van der Waals surface area contributed by atoms with Gasteiger partial charge in [-0.2, -0.15) is 0 Å². The van der Waals surface area contributed by atoms with Crippen molar-refractivity contribution >= 4 is 0 Å². The van der Waals surface area contributed by atoms with Crippen molar-refractivity contribution in [1.82, 2.24) is 5.32 Å². The Kier molecular flexibility index (Phi) is 4.52. The van der Waals surface area contributed by atoms with Crippen LogP contribution in [0.2, 0.25) is 0 Å². The molecule has 15 heavy (non-hydrogen) atoms. The molecule has 84 valence electrons. The van der Waals surface area contributed by atoms with E-state index in [-0.39, 0.29) is 11.9 Å². The van der Waals surface area contributed by atoms with E-state index in [1.807, 2.05) is 6.92 Å². The third-order valence-electron chi connectivity index (χ3n) is 2.26. The topological polar surface area (TPSA) is 47.3 Å². The molecular weight excluding hydrogens is 195 g/mol. The summed E-state index contributed by atoms with van der Waals surface area (Å²) in [5, 5.41) is 3.12. The summed E-state index contributed by atoms with van der Waals surface area (Å²) in [4.78, 5) is 0. The summed E-state index contributed by atoms with van der Waals surface area (Å²) in [6, 6.07) is 4.70. The van der Waals surface area contributed by atoms with Crippen LogP contribution >= 0.6 is 0 Å². The molecule has 0 aliphatic heterocycles. The zero-order valence-corrected chi connectivity index (χ0v) is 9.09. The van der Waals surface area contributed by atoms with E-state index in [0.29, 0.717) is 24.4 Å². The number of hydrogen-bond donors (Lipinski definition) is 2. The van der Waals surface area contributed by atoms with Crippen molar-refractivity contribution in [3.05, 3.63) is 29.6 Å². The predicted molar refractivity (Wildman–Crippen MR) is 58.4 cm³/mol. The average molecular weight is 212 g/mol. The fourth-order valence-electron chi connectivity index (χ4n) is 1.52. The normalized spacial score (nSPS) is 12.5. The van der Waals surface area contributed by atoms with E-state index in [4.69, 9.17) is 10.5 Å². The fourth-order valence-corrected chi connectivity index (χ4v) is 1.52. The van der Waals surface area contributed by atoms with Gasteiger partial charge in [-0.05, 0) is 19.1 Å². The van der Waals surface area contributed by atoms with Gasteiger partial charge in [0, 0.05) is 24.7 Å². The Morgan fingerprint density at radius 3 is 2.87 bits per heavy atom. The highest BCUT2D eigenvalue weighted by Crippen LogP contribution is 2.27. The number of ether oxygens (including phenoxy) is 1. The third kappa shape index (κ3) is 2.91. The second-order valence-electron chi connectivity index (χ2n) is 3.32. The van der Waals surface area contributed by atoms with Crippen LogP contribution in [0.15, 0.2) is 18.2 Å².